The fourth-order valence-electron chi connectivity index (χ4n) is 3.98. The Labute approximate surface area is 162 Å². The molecule has 0 radical (unpaired) electrons. The van der Waals surface area contributed by atoms with Crippen molar-refractivity contribution in [1.29, 1.82) is 0 Å². The van der Waals surface area contributed by atoms with Crippen LogP contribution in [0.5, 0.6) is 5.75 Å². The molecule has 0 aliphatic rings. The molecule has 1 aromatic carbocycles. The van der Waals surface area contributed by atoms with E-state index in [4.69, 9.17) is 9.72 Å². The van der Waals surface area contributed by atoms with Crippen molar-refractivity contribution in [2.75, 3.05) is 12.4 Å². The molecule has 0 saturated carbocycles. The summed E-state index contributed by atoms with van der Waals surface area (Å²) in [7, 11) is 1.70. The van der Waals surface area contributed by atoms with E-state index in [1.54, 1.807) is 7.11 Å². The first-order valence-corrected chi connectivity index (χ1v) is 9.50. The zero-order chi connectivity index (χ0) is 19.8. The van der Waals surface area contributed by atoms with Crippen molar-refractivity contribution in [2.45, 2.75) is 53.5 Å². The number of aromatic nitrogens is 2. The third-order valence-electron chi connectivity index (χ3n) is 4.57. The molecule has 2 heterocycles. The van der Waals surface area contributed by atoms with Crippen molar-refractivity contribution < 1.29 is 4.74 Å². The molecule has 0 aliphatic carbocycles. The van der Waals surface area contributed by atoms with Crippen LogP contribution in [0.1, 0.15) is 46.6 Å². The zero-order valence-corrected chi connectivity index (χ0v) is 17.6. The summed E-state index contributed by atoms with van der Waals surface area (Å²) < 4.78 is 7.75. The molecule has 0 aliphatic heterocycles. The average molecular weight is 366 g/mol. The molecule has 3 aromatic rings. The molecule has 0 unspecified atom stereocenters. The molecule has 144 valence electrons. The second-order valence-corrected chi connectivity index (χ2v) is 9.19. The third-order valence-corrected chi connectivity index (χ3v) is 4.57. The first-order chi connectivity index (χ1) is 12.6. The van der Waals surface area contributed by atoms with Gasteiger partial charge in [-0.05, 0) is 62.4 Å². The number of hydrogen-bond donors (Lipinski definition) is 1. The van der Waals surface area contributed by atoms with Crippen molar-refractivity contribution in [3.05, 3.63) is 48.2 Å². The second-order valence-electron chi connectivity index (χ2n) is 9.19. The minimum absolute atomic E-state index is 0.0874. The number of hydrogen-bond acceptors (Lipinski definition) is 3. The van der Waals surface area contributed by atoms with Crippen LogP contribution in [0.4, 0.5) is 5.82 Å². The van der Waals surface area contributed by atoms with Gasteiger partial charge in [-0.25, -0.2) is 4.98 Å². The van der Waals surface area contributed by atoms with Gasteiger partial charge >= 0.3 is 0 Å². The summed E-state index contributed by atoms with van der Waals surface area (Å²) >= 11 is 0. The second kappa shape index (κ2) is 6.91. The maximum atomic E-state index is 5.61. The van der Waals surface area contributed by atoms with Crippen molar-refractivity contribution in [3.8, 4) is 17.0 Å². The Hall–Kier alpha value is -2.49. The van der Waals surface area contributed by atoms with E-state index >= 15 is 0 Å². The van der Waals surface area contributed by atoms with Crippen LogP contribution in [0.15, 0.2) is 42.6 Å². The van der Waals surface area contributed by atoms with Crippen LogP contribution in [-0.2, 0) is 0 Å². The average Bonchev–Trinajstić information content (AvgIpc) is 2.89. The molecule has 0 atom stereocenters. The monoisotopic (exact) mass is 365 g/mol. The van der Waals surface area contributed by atoms with Crippen LogP contribution in [0.25, 0.3) is 16.9 Å². The van der Waals surface area contributed by atoms with Crippen LogP contribution in [-0.4, -0.2) is 22.0 Å². The van der Waals surface area contributed by atoms with Gasteiger partial charge in [0.05, 0.1) is 7.11 Å². The lowest BCUT2D eigenvalue weighted by Crippen LogP contribution is -2.36. The lowest BCUT2D eigenvalue weighted by molar-refractivity contribution is 0.302. The standard InChI is InChI=1S/C23H31N3O/c1-16-12-13-26-19(14-16)24-20(17-10-8-9-11-18(17)27-7)21(26)25-23(5,6)15-22(2,3)4/h8-14,25H,15H2,1-7H3. The van der Waals surface area contributed by atoms with Gasteiger partial charge in [0.25, 0.3) is 0 Å². The summed E-state index contributed by atoms with van der Waals surface area (Å²) in [5.41, 5.74) is 4.17. The van der Waals surface area contributed by atoms with Gasteiger partial charge in [0, 0.05) is 17.3 Å². The van der Waals surface area contributed by atoms with Crippen molar-refractivity contribution in [3.63, 3.8) is 0 Å². The number of methoxy groups -OCH3 is 1. The number of anilines is 1. The predicted molar refractivity (Wildman–Crippen MR) is 114 cm³/mol. The van der Waals surface area contributed by atoms with Crippen LogP contribution in [0.3, 0.4) is 0 Å². The lowest BCUT2D eigenvalue weighted by atomic mass is 9.82. The molecule has 0 fully saturated rings. The number of aryl methyl sites for hydroxylation is 1. The molecule has 4 nitrogen and oxygen atoms in total. The minimum Gasteiger partial charge on any atom is -0.496 e. The zero-order valence-electron chi connectivity index (χ0n) is 17.6. The summed E-state index contributed by atoms with van der Waals surface area (Å²) in [4.78, 5) is 4.95. The van der Waals surface area contributed by atoms with Gasteiger partial charge in [-0.1, -0.05) is 32.9 Å². The molecule has 2 aromatic heterocycles. The van der Waals surface area contributed by atoms with Gasteiger partial charge < -0.3 is 10.1 Å². The largest absolute Gasteiger partial charge is 0.496 e. The van der Waals surface area contributed by atoms with Gasteiger partial charge in [-0.3, -0.25) is 4.40 Å². The number of imidazole rings is 1. The fraction of sp³-hybridized carbons (Fsp3) is 0.435. The van der Waals surface area contributed by atoms with E-state index in [1.807, 2.05) is 18.2 Å². The molecule has 4 heteroatoms. The number of ether oxygens (including phenoxy) is 1. The lowest BCUT2D eigenvalue weighted by Gasteiger charge is -2.34. The Morgan fingerprint density at radius 1 is 1.07 bits per heavy atom. The highest BCUT2D eigenvalue weighted by Gasteiger charge is 2.28. The molecule has 3 rings (SSSR count). The van der Waals surface area contributed by atoms with Gasteiger partial charge in [-0.2, -0.15) is 0 Å². The Kier molecular flexibility index (Phi) is 4.94. The Balaban J connectivity index is 2.18. The first kappa shape index (κ1) is 19.3. The Morgan fingerprint density at radius 2 is 1.78 bits per heavy atom. The van der Waals surface area contributed by atoms with Gasteiger partial charge in [-0.15, -0.1) is 0 Å². The molecule has 1 N–H and O–H groups in total. The first-order valence-electron chi connectivity index (χ1n) is 9.50. The maximum Gasteiger partial charge on any atom is 0.139 e. The van der Waals surface area contributed by atoms with E-state index < -0.39 is 0 Å². The van der Waals surface area contributed by atoms with E-state index in [-0.39, 0.29) is 11.0 Å². The molecule has 0 saturated heterocycles. The number of fused-ring (bicyclic) bond motifs is 1. The van der Waals surface area contributed by atoms with E-state index in [2.05, 4.69) is 75.7 Å². The summed E-state index contributed by atoms with van der Waals surface area (Å²) in [6, 6.07) is 12.3. The fourth-order valence-corrected chi connectivity index (χ4v) is 3.98. The highest BCUT2D eigenvalue weighted by Crippen LogP contribution is 2.38. The van der Waals surface area contributed by atoms with E-state index in [1.165, 1.54) is 5.56 Å². The summed E-state index contributed by atoms with van der Waals surface area (Å²) in [5, 5.41) is 3.78. The van der Waals surface area contributed by atoms with Crippen LogP contribution < -0.4 is 10.1 Å². The number of para-hydroxylation sites is 1. The molecule has 0 amide bonds. The van der Waals surface area contributed by atoms with Crippen molar-refractivity contribution in [1.82, 2.24) is 9.38 Å². The van der Waals surface area contributed by atoms with E-state index in [9.17, 15) is 0 Å². The number of benzene rings is 1. The van der Waals surface area contributed by atoms with Gasteiger partial charge in [0.1, 0.15) is 22.9 Å². The SMILES string of the molecule is COc1ccccc1-c1nc2cc(C)ccn2c1NC(C)(C)CC(C)(C)C. The van der Waals surface area contributed by atoms with Crippen LogP contribution in [0.2, 0.25) is 0 Å². The van der Waals surface area contributed by atoms with E-state index in [0.717, 1.165) is 34.9 Å². The molecule has 0 bridgehead atoms. The Bertz CT molecular complexity index is 948. The molecular formula is C23H31N3O. The van der Waals surface area contributed by atoms with Crippen LogP contribution in [0, 0.1) is 12.3 Å². The number of nitrogens with zero attached hydrogens (tertiary/aromatic N) is 2. The number of nitrogens with one attached hydrogen (secondary N) is 1. The third kappa shape index (κ3) is 4.26. The van der Waals surface area contributed by atoms with Gasteiger partial charge in [0.15, 0.2) is 0 Å². The number of pyridine rings is 1. The summed E-state index contributed by atoms with van der Waals surface area (Å²) in [6.45, 7) is 13.4. The van der Waals surface area contributed by atoms with Crippen molar-refractivity contribution >= 4 is 11.5 Å². The van der Waals surface area contributed by atoms with Crippen LogP contribution >= 0.6 is 0 Å². The van der Waals surface area contributed by atoms with E-state index in [0.29, 0.717) is 0 Å². The smallest absolute Gasteiger partial charge is 0.139 e. The maximum absolute atomic E-state index is 5.61. The van der Waals surface area contributed by atoms with Crippen molar-refractivity contribution in [2.24, 2.45) is 5.41 Å². The minimum atomic E-state index is -0.0874. The Morgan fingerprint density at radius 3 is 2.44 bits per heavy atom. The van der Waals surface area contributed by atoms with Gasteiger partial charge in [0.2, 0.25) is 0 Å². The molecule has 27 heavy (non-hydrogen) atoms. The highest BCUT2D eigenvalue weighted by atomic mass is 16.5. The highest BCUT2D eigenvalue weighted by molar-refractivity contribution is 5.80. The predicted octanol–water partition coefficient (Wildman–Crippen LogP) is 5.95. The molecule has 0 spiro atoms. The topological polar surface area (TPSA) is 38.6 Å². The summed E-state index contributed by atoms with van der Waals surface area (Å²) in [5.74, 6) is 1.83. The summed E-state index contributed by atoms with van der Waals surface area (Å²) in [6.07, 6.45) is 3.12. The normalized spacial score (nSPS) is 12.4. The quantitative estimate of drug-likeness (QED) is 0.607. The molecular weight excluding hydrogens is 334 g/mol. The number of rotatable bonds is 5.